The van der Waals surface area contributed by atoms with Gasteiger partial charge in [0, 0.05) is 5.56 Å². The molecule has 1 heterocycles. The molecule has 1 N–H and O–H groups in total. The van der Waals surface area contributed by atoms with Crippen LogP contribution in [0.1, 0.15) is 31.4 Å². The van der Waals surface area contributed by atoms with Crippen molar-refractivity contribution in [2.45, 2.75) is 32.0 Å². The molecular weight excluding hydrogens is 299 g/mol. The van der Waals surface area contributed by atoms with Gasteiger partial charge in [0.1, 0.15) is 5.54 Å². The van der Waals surface area contributed by atoms with Gasteiger partial charge in [0.2, 0.25) is 0 Å². The summed E-state index contributed by atoms with van der Waals surface area (Å²) in [6.45, 7) is 3.25. The predicted octanol–water partition coefficient (Wildman–Crippen LogP) is 2.76. The van der Waals surface area contributed by atoms with Crippen LogP contribution in [0.25, 0.3) is 0 Å². The van der Waals surface area contributed by atoms with E-state index in [1.165, 1.54) is 25.1 Å². The van der Waals surface area contributed by atoms with Gasteiger partial charge in [-0.05, 0) is 19.4 Å². The summed E-state index contributed by atoms with van der Waals surface area (Å²) in [6.07, 6.45) is -3.33. The number of nitrogens with one attached hydrogen (secondary N) is 1. The van der Waals surface area contributed by atoms with Gasteiger partial charge in [0.15, 0.2) is 0 Å². The zero-order valence-corrected chi connectivity index (χ0v) is 11.9. The Balaban J connectivity index is 2.31. The molecule has 0 bridgehead atoms. The van der Waals surface area contributed by atoms with Gasteiger partial charge in [0.25, 0.3) is 5.91 Å². The molecule has 0 unspecified atom stereocenters. The van der Waals surface area contributed by atoms with Crippen molar-refractivity contribution in [3.8, 4) is 0 Å². The molecular formula is C14H14F3N3O2. The highest BCUT2D eigenvalue weighted by atomic mass is 19.4. The van der Waals surface area contributed by atoms with Gasteiger partial charge in [-0.25, -0.2) is 4.79 Å². The Morgan fingerprint density at radius 1 is 1.32 bits per heavy atom. The molecule has 1 atom stereocenters. The molecule has 22 heavy (non-hydrogen) atoms. The lowest BCUT2D eigenvalue weighted by atomic mass is 10.00. The molecule has 1 aliphatic rings. The lowest BCUT2D eigenvalue weighted by Gasteiger charge is -2.17. The molecule has 0 spiro atoms. The summed E-state index contributed by atoms with van der Waals surface area (Å²) >= 11 is 0. The van der Waals surface area contributed by atoms with E-state index in [2.05, 4.69) is 10.4 Å². The molecule has 0 aliphatic carbocycles. The van der Waals surface area contributed by atoms with E-state index in [0.717, 1.165) is 12.3 Å². The summed E-state index contributed by atoms with van der Waals surface area (Å²) in [5.41, 5.74) is -2.19. The smallest absolute Gasteiger partial charge is 0.322 e. The van der Waals surface area contributed by atoms with E-state index >= 15 is 0 Å². The maximum atomic E-state index is 12.9. The first-order valence-corrected chi connectivity index (χ1v) is 6.56. The van der Waals surface area contributed by atoms with E-state index in [-0.39, 0.29) is 5.56 Å². The Hall–Kier alpha value is -2.38. The Morgan fingerprint density at radius 2 is 1.95 bits per heavy atom. The van der Waals surface area contributed by atoms with E-state index < -0.39 is 29.2 Å². The van der Waals surface area contributed by atoms with E-state index in [1.807, 2.05) is 0 Å². The summed E-state index contributed by atoms with van der Waals surface area (Å²) in [5, 5.41) is 6.63. The molecule has 0 saturated carbocycles. The number of nitrogens with zero attached hydrogens (tertiary/aromatic N) is 2. The van der Waals surface area contributed by atoms with Crippen LogP contribution in [0.4, 0.5) is 18.0 Å². The first kappa shape index (κ1) is 16.0. The van der Waals surface area contributed by atoms with Crippen molar-refractivity contribution >= 4 is 18.2 Å². The third kappa shape index (κ3) is 2.81. The predicted molar refractivity (Wildman–Crippen MR) is 73.1 cm³/mol. The summed E-state index contributed by atoms with van der Waals surface area (Å²) < 4.78 is 38.6. The standard InChI is InChI=1S/C14H14F3N3O2/c1-3-13(2)11(21)20(12(22)19-13)18-8-9-6-4-5-7-10(9)14(15,16)17/h4-8H,3H2,1-2H3,(H,19,22)/b18-8-/t13-/m1/s1. The van der Waals surface area contributed by atoms with Crippen molar-refractivity contribution in [3.05, 3.63) is 35.4 Å². The van der Waals surface area contributed by atoms with E-state index in [0.29, 0.717) is 11.4 Å². The molecule has 0 radical (unpaired) electrons. The van der Waals surface area contributed by atoms with Crippen molar-refractivity contribution in [2.75, 3.05) is 0 Å². The van der Waals surface area contributed by atoms with Crippen LogP contribution < -0.4 is 5.32 Å². The number of alkyl halides is 3. The summed E-state index contributed by atoms with van der Waals surface area (Å²) in [6, 6.07) is 4.03. The first-order chi connectivity index (χ1) is 10.2. The number of rotatable bonds is 3. The van der Waals surface area contributed by atoms with Crippen molar-refractivity contribution in [1.29, 1.82) is 0 Å². The van der Waals surface area contributed by atoms with Gasteiger partial charge in [-0.15, -0.1) is 5.01 Å². The number of hydrogen-bond acceptors (Lipinski definition) is 3. The van der Waals surface area contributed by atoms with Gasteiger partial charge in [-0.3, -0.25) is 4.79 Å². The number of hydrazone groups is 1. The molecule has 8 heteroatoms. The highest BCUT2D eigenvalue weighted by Crippen LogP contribution is 2.31. The van der Waals surface area contributed by atoms with Crippen LogP contribution in [0.2, 0.25) is 0 Å². The van der Waals surface area contributed by atoms with Gasteiger partial charge in [0.05, 0.1) is 11.8 Å². The van der Waals surface area contributed by atoms with Crippen molar-refractivity contribution < 1.29 is 22.8 Å². The molecule has 1 aromatic carbocycles. The number of carbonyl (C=O) groups is 2. The van der Waals surface area contributed by atoms with Gasteiger partial charge in [-0.2, -0.15) is 18.3 Å². The van der Waals surface area contributed by atoms with Crippen molar-refractivity contribution in [3.63, 3.8) is 0 Å². The number of imide groups is 1. The number of amides is 3. The Kier molecular flexibility index (Phi) is 3.95. The lowest BCUT2D eigenvalue weighted by Crippen LogP contribution is -2.42. The van der Waals surface area contributed by atoms with Gasteiger partial charge < -0.3 is 5.32 Å². The first-order valence-electron chi connectivity index (χ1n) is 6.56. The number of benzene rings is 1. The van der Waals surface area contributed by atoms with Gasteiger partial charge in [-0.1, -0.05) is 25.1 Å². The molecule has 118 valence electrons. The second-order valence-corrected chi connectivity index (χ2v) is 5.06. The zero-order chi connectivity index (χ0) is 16.5. The zero-order valence-electron chi connectivity index (χ0n) is 11.9. The van der Waals surface area contributed by atoms with Crippen LogP contribution >= 0.6 is 0 Å². The maximum absolute atomic E-state index is 12.9. The molecule has 3 amide bonds. The Labute approximate surface area is 124 Å². The van der Waals surface area contributed by atoms with E-state index in [9.17, 15) is 22.8 Å². The number of carbonyl (C=O) groups excluding carboxylic acids is 2. The second kappa shape index (κ2) is 5.43. The van der Waals surface area contributed by atoms with Crippen LogP contribution in [-0.2, 0) is 11.0 Å². The topological polar surface area (TPSA) is 61.8 Å². The monoisotopic (exact) mass is 313 g/mol. The lowest BCUT2D eigenvalue weighted by molar-refractivity contribution is -0.137. The maximum Gasteiger partial charge on any atom is 0.417 e. The Bertz CT molecular complexity index is 642. The summed E-state index contributed by atoms with van der Waals surface area (Å²) in [7, 11) is 0. The van der Waals surface area contributed by atoms with Crippen LogP contribution in [-0.4, -0.2) is 28.7 Å². The Morgan fingerprint density at radius 3 is 2.50 bits per heavy atom. The fourth-order valence-corrected chi connectivity index (χ4v) is 2.00. The third-order valence-electron chi connectivity index (χ3n) is 3.53. The fourth-order valence-electron chi connectivity index (χ4n) is 2.00. The molecule has 5 nitrogen and oxygen atoms in total. The van der Waals surface area contributed by atoms with Gasteiger partial charge >= 0.3 is 12.2 Å². The van der Waals surface area contributed by atoms with E-state index in [1.54, 1.807) is 6.92 Å². The van der Waals surface area contributed by atoms with Crippen LogP contribution in [0, 0.1) is 0 Å². The second-order valence-electron chi connectivity index (χ2n) is 5.06. The van der Waals surface area contributed by atoms with Crippen LogP contribution in [0.5, 0.6) is 0 Å². The molecule has 1 fully saturated rings. The third-order valence-corrected chi connectivity index (χ3v) is 3.53. The highest BCUT2D eigenvalue weighted by Gasteiger charge is 2.47. The number of urea groups is 1. The average molecular weight is 313 g/mol. The summed E-state index contributed by atoms with van der Waals surface area (Å²) in [5.74, 6) is -0.597. The molecule has 0 aromatic heterocycles. The fraction of sp³-hybridized carbons (Fsp3) is 0.357. The normalized spacial score (nSPS) is 22.5. The minimum Gasteiger partial charge on any atom is -0.322 e. The minimum absolute atomic E-state index is 0.222. The SMILES string of the molecule is CC[C@@]1(C)NC(=O)N(/N=C\c2ccccc2C(F)(F)F)C1=O. The molecule has 1 aromatic rings. The van der Waals surface area contributed by atoms with Crippen LogP contribution in [0.15, 0.2) is 29.4 Å². The van der Waals surface area contributed by atoms with Crippen molar-refractivity contribution in [2.24, 2.45) is 5.10 Å². The number of halogens is 3. The van der Waals surface area contributed by atoms with Crippen LogP contribution in [0.3, 0.4) is 0 Å². The highest BCUT2D eigenvalue weighted by molar-refractivity contribution is 6.07. The molecule has 1 saturated heterocycles. The average Bonchev–Trinajstić information content (AvgIpc) is 2.67. The quantitative estimate of drug-likeness (QED) is 0.689. The van der Waals surface area contributed by atoms with Crippen molar-refractivity contribution in [1.82, 2.24) is 10.3 Å². The number of hydrogen-bond donors (Lipinski definition) is 1. The van der Waals surface area contributed by atoms with E-state index in [4.69, 9.17) is 0 Å². The largest absolute Gasteiger partial charge is 0.417 e. The molecule has 2 rings (SSSR count). The molecule has 1 aliphatic heterocycles. The summed E-state index contributed by atoms with van der Waals surface area (Å²) in [4.78, 5) is 23.8. The minimum atomic E-state index is -4.54.